The molecule has 0 unspecified atom stereocenters. The number of hydrogen-bond acceptors (Lipinski definition) is 1. The Bertz CT molecular complexity index is 355. The van der Waals surface area contributed by atoms with Crippen LogP contribution in [0.2, 0.25) is 5.02 Å². The largest absolute Gasteiger partial charge is 0.489 e. The molecule has 2 heteroatoms. The standard InChI is InChI=1S/C11H11ClO/c1-2-8-5-9-6-10(12)3-4-11(9)13-7-8/h3-6H,2,7H2,1H3. The Morgan fingerprint density at radius 1 is 1.46 bits per heavy atom. The molecular formula is C11H11ClO. The maximum absolute atomic E-state index is 5.88. The average molecular weight is 195 g/mol. The number of hydrogen-bond donors (Lipinski definition) is 0. The van der Waals surface area contributed by atoms with Crippen molar-refractivity contribution in [3.8, 4) is 5.75 Å². The van der Waals surface area contributed by atoms with Crippen LogP contribution in [0.4, 0.5) is 0 Å². The molecule has 1 aromatic carbocycles. The molecule has 0 atom stereocenters. The number of rotatable bonds is 1. The van der Waals surface area contributed by atoms with Gasteiger partial charge in [0.1, 0.15) is 12.4 Å². The second-order valence-corrected chi connectivity index (χ2v) is 3.56. The highest BCUT2D eigenvalue weighted by Crippen LogP contribution is 2.29. The van der Waals surface area contributed by atoms with Crippen molar-refractivity contribution in [3.05, 3.63) is 34.4 Å². The fourth-order valence-electron chi connectivity index (χ4n) is 1.40. The van der Waals surface area contributed by atoms with Crippen LogP contribution in [0.5, 0.6) is 5.75 Å². The molecule has 0 bridgehead atoms. The van der Waals surface area contributed by atoms with Crippen LogP contribution >= 0.6 is 11.6 Å². The Hall–Kier alpha value is -0.950. The summed E-state index contributed by atoms with van der Waals surface area (Å²) in [6.07, 6.45) is 3.19. The number of fused-ring (bicyclic) bond motifs is 1. The molecule has 1 aliphatic heterocycles. The molecule has 13 heavy (non-hydrogen) atoms. The van der Waals surface area contributed by atoms with Gasteiger partial charge in [-0.25, -0.2) is 0 Å². The number of ether oxygens (including phenoxy) is 1. The van der Waals surface area contributed by atoms with E-state index in [0.29, 0.717) is 6.61 Å². The molecule has 1 nitrogen and oxygen atoms in total. The molecule has 68 valence electrons. The molecule has 0 aliphatic carbocycles. The van der Waals surface area contributed by atoms with Crippen molar-refractivity contribution >= 4 is 17.7 Å². The van der Waals surface area contributed by atoms with Crippen molar-refractivity contribution in [1.29, 1.82) is 0 Å². The first-order valence-electron chi connectivity index (χ1n) is 4.41. The van der Waals surface area contributed by atoms with E-state index >= 15 is 0 Å². The monoisotopic (exact) mass is 194 g/mol. The van der Waals surface area contributed by atoms with E-state index in [9.17, 15) is 0 Å². The summed E-state index contributed by atoms with van der Waals surface area (Å²) in [5.41, 5.74) is 2.41. The molecule has 1 heterocycles. The maximum Gasteiger partial charge on any atom is 0.127 e. The fraction of sp³-hybridized carbons (Fsp3) is 0.273. The van der Waals surface area contributed by atoms with E-state index in [1.807, 2.05) is 18.2 Å². The van der Waals surface area contributed by atoms with Crippen molar-refractivity contribution in [2.75, 3.05) is 6.61 Å². The lowest BCUT2D eigenvalue weighted by molar-refractivity contribution is 0.344. The van der Waals surface area contributed by atoms with Crippen LogP contribution < -0.4 is 4.74 Å². The first kappa shape index (κ1) is 8.64. The van der Waals surface area contributed by atoms with Gasteiger partial charge in [-0.15, -0.1) is 0 Å². The van der Waals surface area contributed by atoms with Crippen LogP contribution in [0.1, 0.15) is 18.9 Å². The van der Waals surface area contributed by atoms with Gasteiger partial charge in [-0.05, 0) is 36.3 Å². The predicted octanol–water partition coefficient (Wildman–Crippen LogP) is 3.53. The number of benzene rings is 1. The van der Waals surface area contributed by atoms with E-state index in [2.05, 4.69) is 13.0 Å². The normalized spacial score (nSPS) is 14.5. The molecule has 0 N–H and O–H groups in total. The second kappa shape index (κ2) is 3.43. The lowest BCUT2D eigenvalue weighted by atomic mass is 10.1. The van der Waals surface area contributed by atoms with Gasteiger partial charge in [0.15, 0.2) is 0 Å². The van der Waals surface area contributed by atoms with Gasteiger partial charge < -0.3 is 4.74 Å². The first-order valence-corrected chi connectivity index (χ1v) is 4.79. The second-order valence-electron chi connectivity index (χ2n) is 3.13. The molecular weight excluding hydrogens is 184 g/mol. The van der Waals surface area contributed by atoms with E-state index in [-0.39, 0.29) is 0 Å². The quantitative estimate of drug-likeness (QED) is 0.665. The molecule has 0 saturated carbocycles. The highest BCUT2D eigenvalue weighted by atomic mass is 35.5. The van der Waals surface area contributed by atoms with Crippen LogP contribution in [0.15, 0.2) is 23.8 Å². The Labute approximate surface area is 83.0 Å². The SMILES string of the molecule is CCC1=Cc2cc(Cl)ccc2OC1. The minimum atomic E-state index is 0.713. The summed E-state index contributed by atoms with van der Waals surface area (Å²) in [5, 5.41) is 0.760. The van der Waals surface area contributed by atoms with Gasteiger partial charge in [0.2, 0.25) is 0 Å². The highest BCUT2D eigenvalue weighted by Gasteiger charge is 2.09. The summed E-state index contributed by atoms with van der Waals surface area (Å²) in [7, 11) is 0. The van der Waals surface area contributed by atoms with E-state index in [4.69, 9.17) is 16.3 Å². The van der Waals surface area contributed by atoms with Crippen molar-refractivity contribution in [2.45, 2.75) is 13.3 Å². The van der Waals surface area contributed by atoms with E-state index in [1.54, 1.807) is 0 Å². The van der Waals surface area contributed by atoms with Gasteiger partial charge in [0.25, 0.3) is 0 Å². The van der Waals surface area contributed by atoms with Crippen LogP contribution in [-0.2, 0) is 0 Å². The van der Waals surface area contributed by atoms with Crippen molar-refractivity contribution in [3.63, 3.8) is 0 Å². The molecule has 0 radical (unpaired) electrons. The van der Waals surface area contributed by atoms with E-state index in [0.717, 1.165) is 22.8 Å². The zero-order chi connectivity index (χ0) is 9.26. The number of halogens is 1. The van der Waals surface area contributed by atoms with Crippen LogP contribution in [0.25, 0.3) is 6.08 Å². The minimum Gasteiger partial charge on any atom is -0.489 e. The Morgan fingerprint density at radius 2 is 2.31 bits per heavy atom. The average Bonchev–Trinajstić information content (AvgIpc) is 2.16. The molecule has 0 aromatic heterocycles. The topological polar surface area (TPSA) is 9.23 Å². The van der Waals surface area contributed by atoms with Crippen molar-refractivity contribution < 1.29 is 4.74 Å². The zero-order valence-electron chi connectivity index (χ0n) is 7.51. The van der Waals surface area contributed by atoms with Gasteiger partial charge in [-0.1, -0.05) is 18.5 Å². The summed E-state index contributed by atoms with van der Waals surface area (Å²) >= 11 is 5.88. The summed E-state index contributed by atoms with van der Waals surface area (Å²) in [6.45, 7) is 2.84. The molecule has 0 amide bonds. The lowest BCUT2D eigenvalue weighted by Gasteiger charge is -2.16. The van der Waals surface area contributed by atoms with Gasteiger partial charge in [-0.3, -0.25) is 0 Å². The summed E-state index contributed by atoms with van der Waals surface area (Å²) < 4.78 is 5.56. The van der Waals surface area contributed by atoms with Gasteiger partial charge in [-0.2, -0.15) is 0 Å². The van der Waals surface area contributed by atoms with Gasteiger partial charge in [0.05, 0.1) is 0 Å². The molecule has 0 fully saturated rings. The third-order valence-electron chi connectivity index (χ3n) is 2.20. The summed E-state index contributed by atoms with van der Waals surface area (Å²) in [5.74, 6) is 0.932. The Morgan fingerprint density at radius 3 is 3.08 bits per heavy atom. The fourth-order valence-corrected chi connectivity index (χ4v) is 1.58. The first-order chi connectivity index (χ1) is 6.29. The van der Waals surface area contributed by atoms with E-state index in [1.165, 1.54) is 5.57 Å². The molecule has 0 spiro atoms. The third-order valence-corrected chi connectivity index (χ3v) is 2.43. The highest BCUT2D eigenvalue weighted by molar-refractivity contribution is 6.30. The van der Waals surface area contributed by atoms with Crippen molar-refractivity contribution in [1.82, 2.24) is 0 Å². The zero-order valence-corrected chi connectivity index (χ0v) is 8.27. The molecule has 1 aromatic rings. The maximum atomic E-state index is 5.88. The van der Waals surface area contributed by atoms with Crippen molar-refractivity contribution in [2.24, 2.45) is 0 Å². The van der Waals surface area contributed by atoms with Crippen LogP contribution in [-0.4, -0.2) is 6.61 Å². The summed E-state index contributed by atoms with van der Waals surface area (Å²) in [6, 6.07) is 5.71. The Balaban J connectivity index is 2.44. The lowest BCUT2D eigenvalue weighted by Crippen LogP contribution is -2.06. The minimum absolute atomic E-state index is 0.713. The van der Waals surface area contributed by atoms with Crippen LogP contribution in [0, 0.1) is 0 Å². The van der Waals surface area contributed by atoms with Crippen LogP contribution in [0.3, 0.4) is 0 Å². The van der Waals surface area contributed by atoms with E-state index < -0.39 is 0 Å². The summed E-state index contributed by atoms with van der Waals surface area (Å²) in [4.78, 5) is 0. The van der Waals surface area contributed by atoms with Gasteiger partial charge >= 0.3 is 0 Å². The Kier molecular flexibility index (Phi) is 2.28. The van der Waals surface area contributed by atoms with Gasteiger partial charge in [0, 0.05) is 10.6 Å². The molecule has 0 saturated heterocycles. The molecule has 1 aliphatic rings. The third kappa shape index (κ3) is 1.70. The molecule has 2 rings (SSSR count). The predicted molar refractivity (Wildman–Crippen MR) is 55.2 cm³/mol. The smallest absolute Gasteiger partial charge is 0.127 e.